The van der Waals surface area contributed by atoms with Gasteiger partial charge in [-0.25, -0.2) is 0 Å². The summed E-state index contributed by atoms with van der Waals surface area (Å²) in [7, 11) is 1.56. The molecule has 0 atom stereocenters. The van der Waals surface area contributed by atoms with Crippen LogP contribution in [0.5, 0.6) is 0 Å². The highest BCUT2D eigenvalue weighted by atomic mass is 16.2. The number of benzene rings is 1. The monoisotopic (exact) mass is 221 g/mol. The summed E-state index contributed by atoms with van der Waals surface area (Å²) < 4.78 is 0. The molecule has 0 unspecified atom stereocenters. The fourth-order valence-electron chi connectivity index (χ4n) is 1.20. The van der Waals surface area contributed by atoms with Crippen LogP contribution in [0.25, 0.3) is 0 Å². The van der Waals surface area contributed by atoms with Gasteiger partial charge in [-0.05, 0) is 18.2 Å². The second-order valence-corrected chi connectivity index (χ2v) is 3.30. The number of hydrogen-bond acceptors (Lipinski definition) is 3. The van der Waals surface area contributed by atoms with Crippen LogP contribution < -0.4 is 16.4 Å². The maximum Gasteiger partial charge on any atom is 0.251 e. The average Bonchev–Trinajstić information content (AvgIpc) is 2.28. The molecule has 5 nitrogen and oxygen atoms in total. The molecule has 0 saturated carbocycles. The highest BCUT2D eigenvalue weighted by Gasteiger charge is 2.05. The second-order valence-electron chi connectivity index (χ2n) is 3.30. The summed E-state index contributed by atoms with van der Waals surface area (Å²) in [5, 5.41) is 5.11. The lowest BCUT2D eigenvalue weighted by molar-refractivity contribution is -0.120. The predicted octanol–water partition coefficient (Wildman–Crippen LogP) is 0.135. The first-order chi connectivity index (χ1) is 7.63. The predicted molar refractivity (Wildman–Crippen MR) is 61.9 cm³/mol. The Morgan fingerprint density at radius 2 is 2.12 bits per heavy atom. The van der Waals surface area contributed by atoms with E-state index >= 15 is 0 Å². The van der Waals surface area contributed by atoms with Gasteiger partial charge in [0.1, 0.15) is 0 Å². The van der Waals surface area contributed by atoms with Crippen molar-refractivity contribution in [3.05, 3.63) is 29.8 Å². The molecule has 1 aromatic carbocycles. The van der Waals surface area contributed by atoms with Crippen molar-refractivity contribution in [2.45, 2.75) is 6.42 Å². The Kier molecular flexibility index (Phi) is 4.32. The van der Waals surface area contributed by atoms with E-state index in [2.05, 4.69) is 10.6 Å². The molecule has 0 aliphatic carbocycles. The third-order valence-corrected chi connectivity index (χ3v) is 2.07. The van der Waals surface area contributed by atoms with Crippen LogP contribution in [0.4, 0.5) is 5.69 Å². The molecule has 4 N–H and O–H groups in total. The van der Waals surface area contributed by atoms with E-state index < -0.39 is 0 Å². The number of hydrogen-bond donors (Lipinski definition) is 3. The quantitative estimate of drug-likeness (QED) is 0.632. The first-order valence-corrected chi connectivity index (χ1v) is 4.98. The lowest BCUT2D eigenvalue weighted by atomic mass is 10.2. The molecule has 0 aromatic heterocycles. The Morgan fingerprint density at radius 1 is 1.38 bits per heavy atom. The lowest BCUT2D eigenvalue weighted by Gasteiger charge is -2.05. The first kappa shape index (κ1) is 12.0. The molecule has 2 amide bonds. The van der Waals surface area contributed by atoms with E-state index in [1.54, 1.807) is 31.3 Å². The van der Waals surface area contributed by atoms with Crippen LogP contribution in [0.2, 0.25) is 0 Å². The summed E-state index contributed by atoms with van der Waals surface area (Å²) in [5.41, 5.74) is 6.59. The minimum Gasteiger partial charge on any atom is -0.399 e. The van der Waals surface area contributed by atoms with Crippen molar-refractivity contribution in [3.63, 3.8) is 0 Å². The summed E-state index contributed by atoms with van der Waals surface area (Å²) >= 11 is 0. The molecule has 16 heavy (non-hydrogen) atoms. The molecule has 0 spiro atoms. The number of carbonyl (C=O) groups excluding carboxylic acids is 2. The van der Waals surface area contributed by atoms with Crippen molar-refractivity contribution in [1.82, 2.24) is 10.6 Å². The highest BCUT2D eigenvalue weighted by molar-refractivity contribution is 5.95. The van der Waals surface area contributed by atoms with Crippen LogP contribution in [-0.4, -0.2) is 25.4 Å². The average molecular weight is 221 g/mol. The number of nitrogen functional groups attached to an aromatic ring is 1. The van der Waals surface area contributed by atoms with E-state index in [-0.39, 0.29) is 18.2 Å². The number of nitrogens with one attached hydrogen (secondary N) is 2. The summed E-state index contributed by atoms with van der Waals surface area (Å²) in [4.78, 5) is 22.5. The van der Waals surface area contributed by atoms with Crippen LogP contribution in [0.3, 0.4) is 0 Å². The second kappa shape index (κ2) is 5.75. The van der Waals surface area contributed by atoms with Crippen molar-refractivity contribution < 1.29 is 9.59 Å². The summed E-state index contributed by atoms with van der Waals surface area (Å²) in [5.74, 6) is -0.330. The van der Waals surface area contributed by atoms with E-state index in [1.165, 1.54) is 0 Å². The Bertz CT molecular complexity index is 391. The van der Waals surface area contributed by atoms with E-state index in [1.807, 2.05) is 0 Å². The zero-order chi connectivity index (χ0) is 12.0. The topological polar surface area (TPSA) is 84.2 Å². The van der Waals surface area contributed by atoms with Gasteiger partial charge in [-0.3, -0.25) is 9.59 Å². The molecule has 0 aliphatic heterocycles. The fraction of sp³-hybridized carbons (Fsp3) is 0.273. The van der Waals surface area contributed by atoms with Crippen molar-refractivity contribution in [2.24, 2.45) is 0 Å². The summed E-state index contributed by atoms with van der Waals surface area (Å²) in [6.07, 6.45) is 0.268. The van der Waals surface area contributed by atoms with Gasteiger partial charge >= 0.3 is 0 Å². The minimum atomic E-state index is -0.226. The third-order valence-electron chi connectivity index (χ3n) is 2.07. The summed E-state index contributed by atoms with van der Waals surface area (Å²) in [6.45, 7) is 0.313. The molecule has 5 heteroatoms. The molecule has 1 rings (SSSR count). The molecule has 0 radical (unpaired) electrons. The van der Waals surface area contributed by atoms with Gasteiger partial charge in [-0.2, -0.15) is 0 Å². The van der Waals surface area contributed by atoms with Crippen molar-refractivity contribution in [1.29, 1.82) is 0 Å². The molecule has 0 saturated heterocycles. The number of amides is 2. The largest absolute Gasteiger partial charge is 0.399 e. The molecule has 0 heterocycles. The number of nitrogens with two attached hydrogens (primary N) is 1. The van der Waals surface area contributed by atoms with E-state index in [4.69, 9.17) is 5.73 Å². The molecule has 86 valence electrons. The van der Waals surface area contributed by atoms with E-state index in [0.29, 0.717) is 17.8 Å². The van der Waals surface area contributed by atoms with Crippen LogP contribution in [0.1, 0.15) is 16.8 Å². The first-order valence-electron chi connectivity index (χ1n) is 4.98. The Balaban J connectivity index is 2.44. The SMILES string of the molecule is CNC(=O)CCNC(=O)c1cccc(N)c1. The number of rotatable bonds is 4. The number of anilines is 1. The molecule has 0 aliphatic rings. The van der Waals surface area contributed by atoms with Gasteiger partial charge in [0, 0.05) is 31.3 Å². The van der Waals surface area contributed by atoms with Crippen LogP contribution >= 0.6 is 0 Å². The Hall–Kier alpha value is -2.04. The normalized spacial score (nSPS) is 9.56. The molecular weight excluding hydrogens is 206 g/mol. The van der Waals surface area contributed by atoms with E-state index in [0.717, 1.165) is 0 Å². The molecular formula is C11H15N3O2. The number of carbonyl (C=O) groups is 2. The standard InChI is InChI=1S/C11H15N3O2/c1-13-10(15)5-6-14-11(16)8-3-2-4-9(12)7-8/h2-4,7H,5-6,12H2,1H3,(H,13,15)(H,14,16). The van der Waals surface area contributed by atoms with Crippen molar-refractivity contribution in [2.75, 3.05) is 19.3 Å². The summed E-state index contributed by atoms with van der Waals surface area (Å²) in [6, 6.07) is 6.69. The van der Waals surface area contributed by atoms with Crippen molar-refractivity contribution >= 4 is 17.5 Å². The maximum absolute atomic E-state index is 11.6. The van der Waals surface area contributed by atoms with Gasteiger partial charge in [-0.15, -0.1) is 0 Å². The fourth-order valence-corrected chi connectivity index (χ4v) is 1.20. The lowest BCUT2D eigenvalue weighted by Crippen LogP contribution is -2.29. The van der Waals surface area contributed by atoms with Gasteiger partial charge in [0.15, 0.2) is 0 Å². The van der Waals surface area contributed by atoms with E-state index in [9.17, 15) is 9.59 Å². The molecule has 0 bridgehead atoms. The smallest absolute Gasteiger partial charge is 0.251 e. The highest BCUT2D eigenvalue weighted by Crippen LogP contribution is 2.05. The Labute approximate surface area is 94.0 Å². The van der Waals surface area contributed by atoms with Gasteiger partial charge in [0.2, 0.25) is 5.91 Å². The Morgan fingerprint density at radius 3 is 2.75 bits per heavy atom. The van der Waals surface area contributed by atoms with Crippen molar-refractivity contribution in [3.8, 4) is 0 Å². The maximum atomic E-state index is 11.6. The van der Waals surface area contributed by atoms with Gasteiger partial charge in [0.05, 0.1) is 0 Å². The van der Waals surface area contributed by atoms with Crippen LogP contribution in [-0.2, 0) is 4.79 Å². The van der Waals surface area contributed by atoms with Gasteiger partial charge in [-0.1, -0.05) is 6.07 Å². The van der Waals surface area contributed by atoms with Gasteiger partial charge < -0.3 is 16.4 Å². The minimum absolute atomic E-state index is 0.104. The third kappa shape index (κ3) is 3.61. The zero-order valence-corrected chi connectivity index (χ0v) is 9.12. The zero-order valence-electron chi connectivity index (χ0n) is 9.12. The van der Waals surface area contributed by atoms with Crippen LogP contribution in [0, 0.1) is 0 Å². The molecule has 0 fully saturated rings. The van der Waals surface area contributed by atoms with Crippen LogP contribution in [0.15, 0.2) is 24.3 Å². The van der Waals surface area contributed by atoms with Gasteiger partial charge in [0.25, 0.3) is 5.91 Å². The molecule has 1 aromatic rings.